The third kappa shape index (κ3) is 4.13. The maximum absolute atomic E-state index is 12.3. The first-order chi connectivity index (χ1) is 8.60. The Kier molecular flexibility index (Phi) is 6.41. The average molecular weight is 312 g/mol. The molecule has 1 aromatic carbocycles. The van der Waals surface area contributed by atoms with Gasteiger partial charge in [0.25, 0.3) is 5.91 Å². The Balaban J connectivity index is 2.80. The lowest BCUT2D eigenvalue weighted by atomic mass is 10.00. The molecule has 0 aliphatic rings. The van der Waals surface area contributed by atoms with Crippen LogP contribution in [-0.4, -0.2) is 17.3 Å². The van der Waals surface area contributed by atoms with Crippen LogP contribution in [0.2, 0.25) is 0 Å². The van der Waals surface area contributed by atoms with Gasteiger partial charge in [-0.3, -0.25) is 4.79 Å². The van der Waals surface area contributed by atoms with Crippen molar-refractivity contribution >= 4 is 21.8 Å². The molecule has 0 heterocycles. The first-order valence-corrected chi connectivity index (χ1v) is 7.67. The smallest absolute Gasteiger partial charge is 0.251 e. The number of nitrogens with one attached hydrogen (secondary N) is 1. The molecular weight excluding hydrogens is 290 g/mol. The summed E-state index contributed by atoms with van der Waals surface area (Å²) in [7, 11) is 0. The minimum Gasteiger partial charge on any atom is -0.349 e. The molecule has 1 unspecified atom stereocenters. The van der Waals surface area contributed by atoms with Crippen LogP contribution >= 0.6 is 15.9 Å². The number of hydrogen-bond donors (Lipinski definition) is 1. The standard InChI is InChI=1S/C15H22BrNO/c1-4-12-7-5-6-8-13(12)15(18)17-14(9-10-16)11(2)3/h5-8,11,14H,4,9-10H2,1-3H3,(H,17,18). The molecule has 0 spiro atoms. The molecule has 18 heavy (non-hydrogen) atoms. The van der Waals surface area contributed by atoms with E-state index in [9.17, 15) is 4.79 Å². The van der Waals surface area contributed by atoms with Gasteiger partial charge in [0.15, 0.2) is 0 Å². The predicted molar refractivity (Wildman–Crippen MR) is 80.3 cm³/mol. The van der Waals surface area contributed by atoms with E-state index < -0.39 is 0 Å². The van der Waals surface area contributed by atoms with Crippen molar-refractivity contribution in [3.63, 3.8) is 0 Å². The highest BCUT2D eigenvalue weighted by Gasteiger charge is 2.17. The van der Waals surface area contributed by atoms with E-state index in [1.807, 2.05) is 24.3 Å². The van der Waals surface area contributed by atoms with E-state index in [4.69, 9.17) is 0 Å². The monoisotopic (exact) mass is 311 g/mol. The Morgan fingerprint density at radius 2 is 2.00 bits per heavy atom. The molecular formula is C15H22BrNO. The summed E-state index contributed by atoms with van der Waals surface area (Å²) in [5.74, 6) is 0.493. The van der Waals surface area contributed by atoms with Crippen molar-refractivity contribution in [3.05, 3.63) is 35.4 Å². The van der Waals surface area contributed by atoms with Gasteiger partial charge in [0.2, 0.25) is 0 Å². The Hall–Kier alpha value is -0.830. The van der Waals surface area contributed by atoms with E-state index in [0.717, 1.165) is 29.3 Å². The van der Waals surface area contributed by atoms with Crippen LogP contribution in [0.5, 0.6) is 0 Å². The topological polar surface area (TPSA) is 29.1 Å². The lowest BCUT2D eigenvalue weighted by Crippen LogP contribution is -2.39. The van der Waals surface area contributed by atoms with Gasteiger partial charge in [0.1, 0.15) is 0 Å². The Bertz CT molecular complexity index is 390. The third-order valence-corrected chi connectivity index (χ3v) is 3.64. The van der Waals surface area contributed by atoms with Gasteiger partial charge in [0, 0.05) is 16.9 Å². The number of carbonyl (C=O) groups is 1. The van der Waals surface area contributed by atoms with E-state index in [2.05, 4.69) is 42.0 Å². The molecule has 0 aromatic heterocycles. The summed E-state index contributed by atoms with van der Waals surface area (Å²) in [4.78, 5) is 12.3. The van der Waals surface area contributed by atoms with Crippen LogP contribution in [0.15, 0.2) is 24.3 Å². The van der Waals surface area contributed by atoms with E-state index >= 15 is 0 Å². The summed E-state index contributed by atoms with van der Waals surface area (Å²) in [6, 6.07) is 8.04. The Labute approximate surface area is 118 Å². The Morgan fingerprint density at radius 1 is 1.33 bits per heavy atom. The van der Waals surface area contributed by atoms with Crippen LogP contribution in [0.4, 0.5) is 0 Å². The van der Waals surface area contributed by atoms with Crippen molar-refractivity contribution in [2.75, 3.05) is 5.33 Å². The largest absolute Gasteiger partial charge is 0.349 e. The number of amides is 1. The van der Waals surface area contributed by atoms with Gasteiger partial charge in [-0.15, -0.1) is 0 Å². The van der Waals surface area contributed by atoms with Crippen LogP contribution < -0.4 is 5.32 Å². The molecule has 1 atom stereocenters. The summed E-state index contributed by atoms with van der Waals surface area (Å²) in [6.45, 7) is 6.35. The zero-order valence-corrected chi connectivity index (χ0v) is 13.0. The van der Waals surface area contributed by atoms with Crippen molar-refractivity contribution in [1.82, 2.24) is 5.32 Å². The second-order valence-electron chi connectivity index (χ2n) is 4.81. The molecule has 1 amide bonds. The molecule has 0 aliphatic heterocycles. The van der Waals surface area contributed by atoms with Crippen LogP contribution in [0.1, 0.15) is 43.1 Å². The highest BCUT2D eigenvalue weighted by Crippen LogP contribution is 2.13. The van der Waals surface area contributed by atoms with Crippen LogP contribution in [0.25, 0.3) is 0 Å². The fourth-order valence-electron chi connectivity index (χ4n) is 1.99. The maximum Gasteiger partial charge on any atom is 0.251 e. The van der Waals surface area contributed by atoms with Gasteiger partial charge in [-0.1, -0.05) is 54.9 Å². The first kappa shape index (κ1) is 15.2. The lowest BCUT2D eigenvalue weighted by molar-refractivity contribution is 0.0924. The van der Waals surface area contributed by atoms with Crippen LogP contribution in [-0.2, 0) is 6.42 Å². The number of carbonyl (C=O) groups excluding carboxylic acids is 1. The number of alkyl halides is 1. The fraction of sp³-hybridized carbons (Fsp3) is 0.533. The van der Waals surface area contributed by atoms with E-state index in [1.165, 1.54) is 0 Å². The second-order valence-corrected chi connectivity index (χ2v) is 5.61. The summed E-state index contributed by atoms with van der Waals surface area (Å²) >= 11 is 3.44. The summed E-state index contributed by atoms with van der Waals surface area (Å²) in [6.07, 6.45) is 1.84. The number of rotatable bonds is 6. The molecule has 1 N–H and O–H groups in total. The molecule has 1 rings (SSSR count). The molecule has 0 aliphatic carbocycles. The van der Waals surface area contributed by atoms with Crippen molar-refractivity contribution in [1.29, 1.82) is 0 Å². The molecule has 1 aromatic rings. The van der Waals surface area contributed by atoms with Crippen LogP contribution in [0, 0.1) is 5.92 Å². The number of hydrogen-bond acceptors (Lipinski definition) is 1. The minimum absolute atomic E-state index is 0.0482. The summed E-state index contributed by atoms with van der Waals surface area (Å²) < 4.78 is 0. The van der Waals surface area contributed by atoms with Gasteiger partial charge in [-0.2, -0.15) is 0 Å². The highest BCUT2D eigenvalue weighted by atomic mass is 79.9. The maximum atomic E-state index is 12.3. The van der Waals surface area contributed by atoms with Gasteiger partial charge < -0.3 is 5.32 Å². The second kappa shape index (κ2) is 7.57. The normalized spacial score (nSPS) is 12.5. The minimum atomic E-state index is 0.0482. The van der Waals surface area contributed by atoms with E-state index in [-0.39, 0.29) is 11.9 Å². The fourth-order valence-corrected chi connectivity index (χ4v) is 2.48. The first-order valence-electron chi connectivity index (χ1n) is 6.54. The number of halogens is 1. The summed E-state index contributed by atoms with van der Waals surface area (Å²) in [5.41, 5.74) is 1.91. The molecule has 3 heteroatoms. The van der Waals surface area contributed by atoms with Gasteiger partial charge in [-0.25, -0.2) is 0 Å². The van der Waals surface area contributed by atoms with Crippen molar-refractivity contribution in [2.45, 2.75) is 39.7 Å². The van der Waals surface area contributed by atoms with Gasteiger partial charge in [-0.05, 0) is 30.4 Å². The van der Waals surface area contributed by atoms with Crippen LogP contribution in [0.3, 0.4) is 0 Å². The number of aryl methyl sites for hydroxylation is 1. The van der Waals surface area contributed by atoms with Gasteiger partial charge >= 0.3 is 0 Å². The Morgan fingerprint density at radius 3 is 2.56 bits per heavy atom. The third-order valence-electron chi connectivity index (χ3n) is 3.18. The molecule has 0 fully saturated rings. The SMILES string of the molecule is CCc1ccccc1C(=O)NC(CCBr)C(C)C. The van der Waals surface area contributed by atoms with Crippen molar-refractivity contribution in [2.24, 2.45) is 5.92 Å². The lowest BCUT2D eigenvalue weighted by Gasteiger charge is -2.22. The zero-order valence-electron chi connectivity index (χ0n) is 11.4. The molecule has 100 valence electrons. The van der Waals surface area contributed by atoms with E-state index in [0.29, 0.717) is 5.92 Å². The molecule has 0 bridgehead atoms. The average Bonchev–Trinajstić information content (AvgIpc) is 2.37. The van der Waals surface area contributed by atoms with Crippen molar-refractivity contribution < 1.29 is 4.79 Å². The highest BCUT2D eigenvalue weighted by molar-refractivity contribution is 9.09. The molecule has 0 radical (unpaired) electrons. The zero-order chi connectivity index (χ0) is 13.5. The van der Waals surface area contributed by atoms with Crippen molar-refractivity contribution in [3.8, 4) is 0 Å². The quantitative estimate of drug-likeness (QED) is 0.796. The number of benzene rings is 1. The van der Waals surface area contributed by atoms with Gasteiger partial charge in [0.05, 0.1) is 0 Å². The molecule has 2 nitrogen and oxygen atoms in total. The molecule has 0 saturated carbocycles. The summed E-state index contributed by atoms with van der Waals surface area (Å²) in [5, 5.41) is 4.05. The molecule has 0 saturated heterocycles. The van der Waals surface area contributed by atoms with E-state index in [1.54, 1.807) is 0 Å². The predicted octanol–water partition coefficient (Wildman–Crippen LogP) is 3.79.